The monoisotopic (exact) mass is 500 g/mol. The zero-order chi connectivity index (χ0) is 25.5. The predicted octanol–water partition coefficient (Wildman–Crippen LogP) is 5.90. The highest BCUT2D eigenvalue weighted by Crippen LogP contribution is 2.33. The molecule has 0 saturated heterocycles. The summed E-state index contributed by atoms with van der Waals surface area (Å²) in [6.07, 6.45) is 0.237. The lowest BCUT2D eigenvalue weighted by molar-refractivity contribution is -0.142. The van der Waals surface area contributed by atoms with E-state index in [9.17, 15) is 9.59 Å². The van der Waals surface area contributed by atoms with Crippen LogP contribution in [0.5, 0.6) is 11.5 Å². The molecule has 0 unspecified atom stereocenters. The minimum absolute atomic E-state index is 0.196. The Kier molecular flexibility index (Phi) is 7.88. The van der Waals surface area contributed by atoms with Crippen molar-refractivity contribution in [3.63, 3.8) is 0 Å². The smallest absolute Gasteiger partial charge is 0.328 e. The van der Waals surface area contributed by atoms with Crippen molar-refractivity contribution in [2.75, 3.05) is 12.8 Å². The molecular weight excluding hydrogens is 476 g/mol. The van der Waals surface area contributed by atoms with Crippen LogP contribution in [0.2, 0.25) is 5.02 Å². The van der Waals surface area contributed by atoms with Gasteiger partial charge in [0.1, 0.15) is 17.5 Å². The molecule has 182 valence electrons. The molecule has 0 bridgehead atoms. The molecule has 0 aromatic heterocycles. The highest BCUT2D eigenvalue weighted by Gasteiger charge is 2.24. The van der Waals surface area contributed by atoms with Crippen molar-refractivity contribution >= 4 is 29.2 Å². The average molecular weight is 501 g/mol. The van der Waals surface area contributed by atoms with Crippen LogP contribution in [0.15, 0.2) is 97.1 Å². The molecule has 36 heavy (non-hydrogen) atoms. The molecule has 4 aromatic carbocycles. The Morgan fingerprint density at radius 2 is 1.61 bits per heavy atom. The summed E-state index contributed by atoms with van der Waals surface area (Å²) in [5.41, 5.74) is 9.10. The van der Waals surface area contributed by atoms with Crippen molar-refractivity contribution < 1.29 is 19.1 Å². The first kappa shape index (κ1) is 24.8. The molecule has 0 aliphatic rings. The van der Waals surface area contributed by atoms with Gasteiger partial charge in [0.15, 0.2) is 0 Å². The molecule has 1 amide bonds. The van der Waals surface area contributed by atoms with Crippen molar-refractivity contribution in [3.05, 3.63) is 113 Å². The number of esters is 1. The summed E-state index contributed by atoms with van der Waals surface area (Å²) >= 11 is 6.00. The van der Waals surface area contributed by atoms with Crippen LogP contribution in [0.3, 0.4) is 0 Å². The third-order valence-electron chi connectivity index (χ3n) is 5.61. The van der Waals surface area contributed by atoms with Gasteiger partial charge < -0.3 is 20.5 Å². The molecule has 0 fully saturated rings. The molecule has 0 saturated carbocycles. The van der Waals surface area contributed by atoms with Gasteiger partial charge in [-0.3, -0.25) is 4.79 Å². The minimum Gasteiger partial charge on any atom is -0.467 e. The van der Waals surface area contributed by atoms with E-state index in [2.05, 4.69) is 5.32 Å². The molecule has 0 aliphatic carbocycles. The third kappa shape index (κ3) is 6.03. The lowest BCUT2D eigenvalue weighted by Gasteiger charge is -2.18. The first-order chi connectivity index (χ1) is 17.4. The zero-order valence-electron chi connectivity index (χ0n) is 19.6. The van der Waals surface area contributed by atoms with Crippen molar-refractivity contribution in [2.24, 2.45) is 0 Å². The fraction of sp³-hybridized carbons (Fsp3) is 0.103. The van der Waals surface area contributed by atoms with Gasteiger partial charge in [-0.15, -0.1) is 0 Å². The van der Waals surface area contributed by atoms with E-state index in [1.54, 1.807) is 12.1 Å². The Labute approximate surface area is 214 Å². The number of nitrogens with one attached hydrogen (secondary N) is 1. The molecule has 7 heteroatoms. The number of nitrogen functional groups attached to an aromatic ring is 1. The molecule has 4 aromatic rings. The van der Waals surface area contributed by atoms with Crippen molar-refractivity contribution in [1.82, 2.24) is 5.32 Å². The van der Waals surface area contributed by atoms with E-state index in [-0.39, 0.29) is 17.7 Å². The number of rotatable bonds is 8. The minimum atomic E-state index is -0.902. The maximum Gasteiger partial charge on any atom is 0.328 e. The molecular formula is C29H25ClN2O4. The lowest BCUT2D eigenvalue weighted by Crippen LogP contribution is -2.43. The van der Waals surface area contributed by atoms with Crippen LogP contribution >= 0.6 is 11.6 Å². The molecule has 1 atom stereocenters. The van der Waals surface area contributed by atoms with Crippen LogP contribution < -0.4 is 15.8 Å². The number of ether oxygens (including phenoxy) is 2. The summed E-state index contributed by atoms with van der Waals surface area (Å²) < 4.78 is 11.0. The molecule has 3 N–H and O–H groups in total. The number of carbonyl (C=O) groups excluding carboxylic acids is 2. The first-order valence-electron chi connectivity index (χ1n) is 11.3. The Hall–Kier alpha value is -4.29. The van der Waals surface area contributed by atoms with E-state index in [0.29, 0.717) is 5.02 Å². The van der Waals surface area contributed by atoms with Gasteiger partial charge in [0, 0.05) is 22.7 Å². The number of para-hydroxylation sites is 2. The molecule has 0 heterocycles. The van der Waals surface area contributed by atoms with Gasteiger partial charge in [-0.1, -0.05) is 72.3 Å². The van der Waals surface area contributed by atoms with E-state index < -0.39 is 17.9 Å². The van der Waals surface area contributed by atoms with Crippen LogP contribution in [-0.2, 0) is 16.0 Å². The first-order valence-corrected chi connectivity index (χ1v) is 11.7. The van der Waals surface area contributed by atoms with E-state index in [1.165, 1.54) is 13.2 Å². The molecule has 0 aliphatic heterocycles. The van der Waals surface area contributed by atoms with E-state index in [0.717, 1.165) is 28.2 Å². The maximum atomic E-state index is 12.8. The second-order valence-corrected chi connectivity index (χ2v) is 8.53. The Balaban J connectivity index is 1.52. The number of halogens is 1. The van der Waals surface area contributed by atoms with Crippen LogP contribution in [-0.4, -0.2) is 25.0 Å². The second-order valence-electron chi connectivity index (χ2n) is 8.09. The second kappa shape index (κ2) is 11.4. The number of benzene rings is 4. The number of carbonyl (C=O) groups is 2. The Morgan fingerprint density at radius 3 is 2.33 bits per heavy atom. The SMILES string of the molecule is COC(=O)[C@H](Cc1ccc(-c2ccccc2Oc2ccccc2)cc1)NC(=O)c1cc(Cl)ccc1N. The number of hydrogen-bond acceptors (Lipinski definition) is 5. The quantitative estimate of drug-likeness (QED) is 0.232. The predicted molar refractivity (Wildman–Crippen MR) is 141 cm³/mol. The van der Waals surface area contributed by atoms with E-state index >= 15 is 0 Å². The number of methoxy groups -OCH3 is 1. The van der Waals surface area contributed by atoms with Crippen LogP contribution in [0, 0.1) is 0 Å². The lowest BCUT2D eigenvalue weighted by atomic mass is 9.99. The highest BCUT2D eigenvalue weighted by atomic mass is 35.5. The molecule has 4 rings (SSSR count). The molecule has 0 radical (unpaired) electrons. The molecule has 0 spiro atoms. The topological polar surface area (TPSA) is 90.6 Å². The van der Waals surface area contributed by atoms with Crippen LogP contribution in [0.25, 0.3) is 11.1 Å². The Morgan fingerprint density at radius 1 is 0.917 bits per heavy atom. The van der Waals surface area contributed by atoms with Crippen LogP contribution in [0.4, 0.5) is 5.69 Å². The largest absolute Gasteiger partial charge is 0.467 e. The van der Waals surface area contributed by atoms with E-state index in [1.807, 2.05) is 78.9 Å². The van der Waals surface area contributed by atoms with Crippen molar-refractivity contribution in [3.8, 4) is 22.6 Å². The summed E-state index contributed by atoms with van der Waals surface area (Å²) in [6.45, 7) is 0. The number of anilines is 1. The zero-order valence-corrected chi connectivity index (χ0v) is 20.4. The van der Waals surface area contributed by atoms with Crippen molar-refractivity contribution in [1.29, 1.82) is 0 Å². The van der Waals surface area contributed by atoms with Crippen LogP contribution in [0.1, 0.15) is 15.9 Å². The third-order valence-corrected chi connectivity index (χ3v) is 5.85. The van der Waals surface area contributed by atoms with Gasteiger partial charge >= 0.3 is 5.97 Å². The highest BCUT2D eigenvalue weighted by molar-refractivity contribution is 6.31. The molecule has 6 nitrogen and oxygen atoms in total. The fourth-order valence-electron chi connectivity index (χ4n) is 3.76. The maximum absolute atomic E-state index is 12.8. The van der Waals surface area contributed by atoms with Gasteiger partial charge in [0.25, 0.3) is 5.91 Å². The summed E-state index contributed by atoms with van der Waals surface area (Å²) in [5.74, 6) is 0.414. The summed E-state index contributed by atoms with van der Waals surface area (Å²) in [6, 6.07) is 28.8. The normalized spacial score (nSPS) is 11.4. The standard InChI is InChI=1S/C29H25ClN2O4/c1-35-29(34)26(32-28(33)24-18-21(30)15-16-25(24)31)17-19-11-13-20(14-12-19)23-9-5-6-10-27(23)36-22-7-3-2-4-8-22/h2-16,18,26H,17,31H2,1H3,(H,32,33)/t26-/m0/s1. The average Bonchev–Trinajstić information content (AvgIpc) is 2.90. The van der Waals surface area contributed by atoms with Gasteiger partial charge in [0.2, 0.25) is 0 Å². The van der Waals surface area contributed by atoms with Crippen molar-refractivity contribution in [2.45, 2.75) is 12.5 Å². The summed E-state index contributed by atoms with van der Waals surface area (Å²) in [5, 5.41) is 3.08. The number of amides is 1. The van der Waals surface area contributed by atoms with Gasteiger partial charge in [-0.05, 0) is 47.5 Å². The van der Waals surface area contributed by atoms with Gasteiger partial charge in [0.05, 0.1) is 12.7 Å². The van der Waals surface area contributed by atoms with E-state index in [4.69, 9.17) is 26.8 Å². The number of hydrogen-bond donors (Lipinski definition) is 2. The number of nitrogens with two attached hydrogens (primary N) is 1. The Bertz CT molecular complexity index is 1360. The van der Waals surface area contributed by atoms with Gasteiger partial charge in [-0.2, -0.15) is 0 Å². The fourth-order valence-corrected chi connectivity index (χ4v) is 3.93. The summed E-state index contributed by atoms with van der Waals surface area (Å²) in [7, 11) is 1.28. The summed E-state index contributed by atoms with van der Waals surface area (Å²) in [4.78, 5) is 25.2. The van der Waals surface area contributed by atoms with Gasteiger partial charge in [-0.25, -0.2) is 4.79 Å².